The number of rotatable bonds is 13. The highest BCUT2D eigenvalue weighted by molar-refractivity contribution is 7.86. The number of hydrogen-bond donors (Lipinski definition) is 6. The fourth-order valence-electron chi connectivity index (χ4n) is 1.83. The van der Waals surface area contributed by atoms with Gasteiger partial charge in [-0.05, 0) is 25.7 Å². The number of hydrogen-bond acceptors (Lipinski definition) is 8. The highest BCUT2D eigenvalue weighted by Gasteiger charge is 2.27. The molecule has 0 heterocycles. The van der Waals surface area contributed by atoms with Gasteiger partial charge < -0.3 is 10.2 Å². The third kappa shape index (κ3) is 11.1. The van der Waals surface area contributed by atoms with E-state index in [1.165, 1.54) is 12.4 Å². The second-order valence-corrected chi connectivity index (χ2v) is 7.97. The largest absolute Gasteiger partial charge is 0.480 e. The van der Waals surface area contributed by atoms with Crippen LogP contribution in [0.3, 0.4) is 0 Å². The summed E-state index contributed by atoms with van der Waals surface area (Å²) >= 11 is 15.4. The van der Waals surface area contributed by atoms with Gasteiger partial charge in [0.15, 0.2) is 0 Å². The molecule has 8 nitrogen and oxygen atoms in total. The van der Waals surface area contributed by atoms with Crippen molar-refractivity contribution >= 4 is 86.7 Å². The van der Waals surface area contributed by atoms with E-state index >= 15 is 0 Å². The van der Waals surface area contributed by atoms with Gasteiger partial charge in [-0.25, -0.2) is 9.98 Å². The Morgan fingerprint density at radius 3 is 1.25 bits per heavy atom. The van der Waals surface area contributed by atoms with E-state index in [2.05, 4.69) is 60.5 Å². The summed E-state index contributed by atoms with van der Waals surface area (Å²) in [6.45, 7) is 0. The second-order valence-electron chi connectivity index (χ2n) is 5.75. The fraction of sp³-hybridized carbons (Fsp3) is 0.625. The molecule has 0 radical (unpaired) electrons. The van der Waals surface area contributed by atoms with Crippen molar-refractivity contribution in [2.75, 3.05) is 0 Å². The molecule has 0 saturated carbocycles. The van der Waals surface area contributed by atoms with Crippen LogP contribution in [0.2, 0.25) is 0 Å². The first-order valence-corrected chi connectivity index (χ1v) is 10.5. The number of carbonyl (C=O) groups is 4. The van der Waals surface area contributed by atoms with E-state index in [-0.39, 0.29) is 0 Å². The minimum Gasteiger partial charge on any atom is -0.480 e. The molecule has 2 amide bonds. The number of aliphatic imine (C=N–C) groups is 2. The van der Waals surface area contributed by atoms with Gasteiger partial charge in [0.2, 0.25) is 0 Å². The normalized spacial score (nSPS) is 16.0. The summed E-state index contributed by atoms with van der Waals surface area (Å²) in [6.07, 6.45) is 7.38. The summed E-state index contributed by atoms with van der Waals surface area (Å²) in [5, 5.41) is 12.9. The molecule has 0 saturated heterocycles. The van der Waals surface area contributed by atoms with Crippen molar-refractivity contribution in [2.24, 2.45) is 9.98 Å². The Morgan fingerprint density at radius 1 is 0.643 bits per heavy atom. The number of amides is 2. The predicted molar refractivity (Wildman–Crippen MR) is 121 cm³/mol. The number of carboxylic acids is 2. The molecule has 0 aromatic heterocycles. The molecule has 28 heavy (non-hydrogen) atoms. The molecule has 4 unspecified atom stereocenters. The zero-order valence-corrected chi connectivity index (χ0v) is 18.5. The molecular weight excluding hydrogens is 444 g/mol. The van der Waals surface area contributed by atoms with Crippen LogP contribution in [0.15, 0.2) is 9.98 Å². The lowest BCUT2D eigenvalue weighted by Gasteiger charge is -2.09. The SMILES string of the molecule is O=C(O)C(S)C(S)C(=O)N=CCCCCCCC=NC(=O)C(S)C(S)C(=O)O. The van der Waals surface area contributed by atoms with Crippen LogP contribution in [0, 0.1) is 0 Å². The van der Waals surface area contributed by atoms with Gasteiger partial charge in [0.05, 0.1) is 0 Å². The summed E-state index contributed by atoms with van der Waals surface area (Å²) < 4.78 is 0. The van der Waals surface area contributed by atoms with Crippen molar-refractivity contribution in [1.29, 1.82) is 0 Å². The number of thiol groups is 4. The molecule has 12 heteroatoms. The average molecular weight is 469 g/mol. The Kier molecular flexibility index (Phi) is 14.4. The summed E-state index contributed by atoms with van der Waals surface area (Å²) in [5.41, 5.74) is 0. The van der Waals surface area contributed by atoms with E-state index < -0.39 is 44.8 Å². The first kappa shape index (κ1) is 27.0. The molecule has 0 spiro atoms. The van der Waals surface area contributed by atoms with Crippen molar-refractivity contribution < 1.29 is 29.4 Å². The Bertz CT molecular complexity index is 562. The number of carboxylic acid groups (broad SMARTS) is 2. The maximum absolute atomic E-state index is 11.6. The van der Waals surface area contributed by atoms with Gasteiger partial charge in [0, 0.05) is 12.4 Å². The zero-order chi connectivity index (χ0) is 21.7. The van der Waals surface area contributed by atoms with Crippen LogP contribution < -0.4 is 0 Å². The lowest BCUT2D eigenvalue weighted by Crippen LogP contribution is -2.30. The second kappa shape index (κ2) is 14.9. The van der Waals surface area contributed by atoms with Crippen LogP contribution in [-0.2, 0) is 19.2 Å². The van der Waals surface area contributed by atoms with Crippen molar-refractivity contribution in [2.45, 2.75) is 59.5 Å². The minimum absolute atomic E-state index is 0.572. The molecule has 158 valence electrons. The van der Waals surface area contributed by atoms with Crippen LogP contribution in [0.25, 0.3) is 0 Å². The highest BCUT2D eigenvalue weighted by Crippen LogP contribution is 2.12. The molecule has 2 N–H and O–H groups in total. The first-order chi connectivity index (χ1) is 13.1. The van der Waals surface area contributed by atoms with Crippen LogP contribution in [0.1, 0.15) is 38.5 Å². The summed E-state index contributed by atoms with van der Waals surface area (Å²) in [5.74, 6) is -3.73. The Morgan fingerprint density at radius 2 is 0.964 bits per heavy atom. The molecule has 0 aromatic rings. The quantitative estimate of drug-likeness (QED) is 0.139. The fourth-order valence-corrected chi connectivity index (χ4v) is 2.47. The molecular formula is C16H24N2O6S4. The van der Waals surface area contributed by atoms with E-state index in [9.17, 15) is 19.2 Å². The number of aliphatic carboxylic acids is 2. The van der Waals surface area contributed by atoms with Gasteiger partial charge >= 0.3 is 11.9 Å². The monoisotopic (exact) mass is 468 g/mol. The Labute approximate surface area is 185 Å². The maximum Gasteiger partial charge on any atom is 0.318 e. The van der Waals surface area contributed by atoms with Gasteiger partial charge in [-0.2, -0.15) is 50.5 Å². The third-order valence-electron chi connectivity index (χ3n) is 3.46. The van der Waals surface area contributed by atoms with Crippen LogP contribution >= 0.6 is 50.5 Å². The van der Waals surface area contributed by atoms with Gasteiger partial charge in [-0.3, -0.25) is 19.2 Å². The summed E-state index contributed by atoms with van der Waals surface area (Å²) in [6, 6.07) is 0. The van der Waals surface area contributed by atoms with E-state index in [0.29, 0.717) is 12.8 Å². The van der Waals surface area contributed by atoms with Gasteiger partial charge in [-0.15, -0.1) is 0 Å². The standard InChI is InChI=1S/C16H24N2O6S4/c19-13(9(25)11(27)15(21)22)17-7-5-3-1-2-4-6-8-18-14(20)10(26)12(28)16(23)24/h7-12,25-28H,1-6H2,(H,21,22)(H,23,24). The van der Waals surface area contributed by atoms with Gasteiger partial charge in [-0.1, -0.05) is 12.8 Å². The van der Waals surface area contributed by atoms with E-state index in [1.54, 1.807) is 0 Å². The van der Waals surface area contributed by atoms with Crippen LogP contribution in [-0.4, -0.2) is 67.4 Å². The lowest BCUT2D eigenvalue weighted by molar-refractivity contribution is -0.138. The molecule has 0 aliphatic carbocycles. The smallest absolute Gasteiger partial charge is 0.318 e. The van der Waals surface area contributed by atoms with Crippen LogP contribution in [0.4, 0.5) is 0 Å². The van der Waals surface area contributed by atoms with E-state index in [0.717, 1.165) is 25.7 Å². The van der Waals surface area contributed by atoms with Crippen LogP contribution in [0.5, 0.6) is 0 Å². The minimum atomic E-state index is -1.23. The number of nitrogens with zero attached hydrogens (tertiary/aromatic N) is 2. The van der Waals surface area contributed by atoms with Crippen molar-refractivity contribution in [1.82, 2.24) is 0 Å². The maximum atomic E-state index is 11.6. The van der Waals surface area contributed by atoms with Crippen molar-refractivity contribution in [3.63, 3.8) is 0 Å². The van der Waals surface area contributed by atoms with Gasteiger partial charge in [0.1, 0.15) is 21.0 Å². The molecule has 4 atom stereocenters. The third-order valence-corrected chi connectivity index (χ3v) is 6.01. The molecule has 0 aliphatic rings. The molecule has 0 aromatic carbocycles. The molecule has 0 rings (SSSR count). The van der Waals surface area contributed by atoms with Gasteiger partial charge in [0.25, 0.3) is 11.8 Å². The topological polar surface area (TPSA) is 133 Å². The first-order valence-electron chi connectivity index (χ1n) is 8.40. The Balaban J connectivity index is 3.90. The van der Waals surface area contributed by atoms with Crippen molar-refractivity contribution in [3.8, 4) is 0 Å². The Hall–Kier alpha value is -0.980. The molecule has 0 fully saturated rings. The predicted octanol–water partition coefficient (Wildman–Crippen LogP) is 1.88. The van der Waals surface area contributed by atoms with E-state index in [1.807, 2.05) is 0 Å². The number of unbranched alkanes of at least 4 members (excludes halogenated alkanes) is 5. The highest BCUT2D eigenvalue weighted by atomic mass is 32.1. The number of carbonyl (C=O) groups excluding carboxylic acids is 2. The van der Waals surface area contributed by atoms with E-state index in [4.69, 9.17) is 10.2 Å². The average Bonchev–Trinajstić information content (AvgIpc) is 2.66. The summed E-state index contributed by atoms with van der Waals surface area (Å²) in [4.78, 5) is 52.0. The zero-order valence-electron chi connectivity index (χ0n) is 14.9. The molecule has 0 bridgehead atoms. The molecule has 0 aliphatic heterocycles. The summed E-state index contributed by atoms with van der Waals surface area (Å²) in [7, 11) is 0. The van der Waals surface area contributed by atoms with Crippen molar-refractivity contribution in [3.05, 3.63) is 0 Å². The lowest BCUT2D eigenvalue weighted by atomic mass is 10.1.